The van der Waals surface area contributed by atoms with E-state index >= 15 is 0 Å². The second-order valence-corrected chi connectivity index (χ2v) is 5.77. The molecule has 2 nitrogen and oxygen atoms in total. The molecule has 0 spiro atoms. The number of rotatable bonds is 4. The molecule has 2 rings (SSSR count). The predicted molar refractivity (Wildman–Crippen MR) is 82.9 cm³/mol. The zero-order valence-corrected chi connectivity index (χ0v) is 12.6. The highest BCUT2D eigenvalue weighted by Gasteiger charge is 2.29. The third kappa shape index (κ3) is 2.63. The molecule has 2 aromatic rings. The summed E-state index contributed by atoms with van der Waals surface area (Å²) in [5, 5.41) is 11.7. The van der Waals surface area contributed by atoms with Gasteiger partial charge in [-0.25, -0.2) is 0 Å². The quantitative estimate of drug-likeness (QED) is 0.790. The Kier molecular flexibility index (Phi) is 3.99. The van der Waals surface area contributed by atoms with E-state index < -0.39 is 0 Å². The minimum atomic E-state index is -0.352. The highest BCUT2D eigenvalue weighted by Crippen LogP contribution is 2.38. The molecule has 0 N–H and O–H groups in total. The van der Waals surface area contributed by atoms with Crippen LogP contribution in [0.3, 0.4) is 0 Å². The molecule has 0 aliphatic carbocycles. The summed E-state index contributed by atoms with van der Waals surface area (Å²) in [7, 11) is 1.68. The summed E-state index contributed by atoms with van der Waals surface area (Å²) >= 11 is 0. The van der Waals surface area contributed by atoms with Crippen molar-refractivity contribution in [2.24, 2.45) is 5.41 Å². The number of benzene rings is 2. The topological polar surface area (TPSA) is 33.0 Å². The number of nitriles is 1. The van der Waals surface area contributed by atoms with E-state index in [1.54, 1.807) is 7.11 Å². The van der Waals surface area contributed by atoms with Gasteiger partial charge in [0, 0.05) is 5.92 Å². The molecular weight excluding hydrogens is 246 g/mol. The number of ether oxygens (including phenoxy) is 1. The van der Waals surface area contributed by atoms with Crippen LogP contribution < -0.4 is 4.74 Å². The average molecular weight is 267 g/mol. The van der Waals surface area contributed by atoms with E-state index in [1.165, 1.54) is 10.9 Å². The molecule has 0 aromatic heterocycles. The molecule has 104 valence electrons. The Morgan fingerprint density at radius 1 is 1.15 bits per heavy atom. The first-order chi connectivity index (χ1) is 9.51. The second kappa shape index (κ2) is 5.54. The summed E-state index contributed by atoms with van der Waals surface area (Å²) in [6.45, 7) is 6.17. The van der Waals surface area contributed by atoms with Gasteiger partial charge in [-0.05, 0) is 48.7 Å². The maximum absolute atomic E-state index is 9.37. The van der Waals surface area contributed by atoms with Gasteiger partial charge >= 0.3 is 0 Å². The van der Waals surface area contributed by atoms with Gasteiger partial charge in [-0.15, -0.1) is 0 Å². The van der Waals surface area contributed by atoms with Crippen molar-refractivity contribution in [1.82, 2.24) is 0 Å². The predicted octanol–water partition coefficient (Wildman–Crippen LogP) is 4.89. The van der Waals surface area contributed by atoms with Crippen molar-refractivity contribution in [2.75, 3.05) is 7.11 Å². The largest absolute Gasteiger partial charge is 0.497 e. The molecule has 0 saturated carbocycles. The first-order valence-corrected chi connectivity index (χ1v) is 7.00. The third-order valence-electron chi connectivity index (χ3n) is 4.04. The number of methoxy groups -OCH3 is 1. The zero-order chi connectivity index (χ0) is 14.8. The lowest BCUT2D eigenvalue weighted by Gasteiger charge is -2.27. The van der Waals surface area contributed by atoms with Crippen LogP contribution in [0.4, 0.5) is 0 Å². The fourth-order valence-electron chi connectivity index (χ4n) is 2.83. The van der Waals surface area contributed by atoms with E-state index in [-0.39, 0.29) is 11.3 Å². The number of nitrogens with zero attached hydrogens (tertiary/aromatic N) is 1. The van der Waals surface area contributed by atoms with Gasteiger partial charge < -0.3 is 4.74 Å². The summed E-state index contributed by atoms with van der Waals surface area (Å²) < 4.78 is 5.25. The van der Waals surface area contributed by atoms with Crippen LogP contribution in [0.25, 0.3) is 10.8 Å². The van der Waals surface area contributed by atoms with Crippen LogP contribution in [0.1, 0.15) is 38.7 Å². The zero-order valence-electron chi connectivity index (χ0n) is 12.6. The van der Waals surface area contributed by atoms with Crippen LogP contribution in [-0.4, -0.2) is 7.11 Å². The highest BCUT2D eigenvalue weighted by molar-refractivity contribution is 5.84. The molecule has 0 amide bonds. The Labute approximate surface area is 121 Å². The Hall–Kier alpha value is -2.01. The Balaban J connectivity index is 2.48. The van der Waals surface area contributed by atoms with Crippen molar-refractivity contribution in [3.8, 4) is 11.8 Å². The minimum absolute atomic E-state index is 0.249. The Bertz CT molecular complexity index is 652. The van der Waals surface area contributed by atoms with Crippen LogP contribution in [0.2, 0.25) is 0 Å². The van der Waals surface area contributed by atoms with Gasteiger partial charge in [-0.2, -0.15) is 5.26 Å². The fraction of sp³-hybridized carbons (Fsp3) is 0.389. The van der Waals surface area contributed by atoms with E-state index in [0.29, 0.717) is 0 Å². The van der Waals surface area contributed by atoms with E-state index in [4.69, 9.17) is 4.74 Å². The standard InChI is InChI=1S/C18H21NO/c1-5-17(18(2,3)12-19)15-7-6-14-11-16(20-4)9-8-13(14)10-15/h6-11,17H,5H2,1-4H3/t17-/m0/s1. The first-order valence-electron chi connectivity index (χ1n) is 7.00. The van der Waals surface area contributed by atoms with Crippen molar-refractivity contribution < 1.29 is 4.74 Å². The molecule has 0 radical (unpaired) electrons. The summed E-state index contributed by atoms with van der Waals surface area (Å²) in [6.07, 6.45) is 0.961. The van der Waals surface area contributed by atoms with E-state index in [9.17, 15) is 5.26 Å². The molecule has 0 bridgehead atoms. The monoisotopic (exact) mass is 267 g/mol. The van der Waals surface area contributed by atoms with Gasteiger partial charge in [0.25, 0.3) is 0 Å². The molecular formula is C18H21NO. The average Bonchev–Trinajstić information content (AvgIpc) is 2.47. The van der Waals surface area contributed by atoms with Crippen LogP contribution in [0.5, 0.6) is 5.75 Å². The van der Waals surface area contributed by atoms with Gasteiger partial charge in [0.15, 0.2) is 0 Å². The molecule has 0 fully saturated rings. The highest BCUT2D eigenvalue weighted by atomic mass is 16.5. The van der Waals surface area contributed by atoms with Crippen molar-refractivity contribution >= 4 is 10.8 Å². The van der Waals surface area contributed by atoms with Crippen LogP contribution in [0.15, 0.2) is 36.4 Å². The normalized spacial score (nSPS) is 12.9. The third-order valence-corrected chi connectivity index (χ3v) is 4.04. The van der Waals surface area contributed by atoms with Crippen molar-refractivity contribution in [3.63, 3.8) is 0 Å². The molecule has 0 saturated heterocycles. The molecule has 2 heteroatoms. The molecule has 0 aliphatic heterocycles. The molecule has 20 heavy (non-hydrogen) atoms. The summed E-state index contributed by atoms with van der Waals surface area (Å²) in [5.41, 5.74) is 0.881. The summed E-state index contributed by atoms with van der Waals surface area (Å²) in [6, 6.07) is 15.0. The second-order valence-electron chi connectivity index (χ2n) is 5.77. The van der Waals surface area contributed by atoms with Crippen LogP contribution in [-0.2, 0) is 0 Å². The Morgan fingerprint density at radius 2 is 1.80 bits per heavy atom. The van der Waals surface area contributed by atoms with E-state index in [2.05, 4.69) is 37.3 Å². The Morgan fingerprint density at radius 3 is 2.40 bits per heavy atom. The van der Waals surface area contributed by atoms with Gasteiger partial charge in [-0.3, -0.25) is 0 Å². The molecule has 0 aliphatic rings. The van der Waals surface area contributed by atoms with Gasteiger partial charge in [0.05, 0.1) is 18.6 Å². The number of hydrogen-bond donors (Lipinski definition) is 0. The van der Waals surface area contributed by atoms with Gasteiger partial charge in [-0.1, -0.05) is 31.2 Å². The summed E-state index contributed by atoms with van der Waals surface area (Å²) in [5.74, 6) is 1.12. The van der Waals surface area contributed by atoms with Crippen molar-refractivity contribution in [1.29, 1.82) is 5.26 Å². The maximum atomic E-state index is 9.37. The van der Waals surface area contributed by atoms with E-state index in [0.717, 1.165) is 17.6 Å². The SMILES string of the molecule is CC[C@@H](c1ccc2cc(OC)ccc2c1)C(C)(C)C#N. The summed E-state index contributed by atoms with van der Waals surface area (Å²) in [4.78, 5) is 0. The van der Waals surface area contributed by atoms with Crippen LogP contribution in [0, 0.1) is 16.7 Å². The van der Waals surface area contributed by atoms with Crippen molar-refractivity contribution in [2.45, 2.75) is 33.1 Å². The lowest BCUT2D eigenvalue weighted by molar-refractivity contribution is 0.375. The fourth-order valence-corrected chi connectivity index (χ4v) is 2.83. The smallest absolute Gasteiger partial charge is 0.119 e. The lowest BCUT2D eigenvalue weighted by Crippen LogP contribution is -2.19. The number of fused-ring (bicyclic) bond motifs is 1. The van der Waals surface area contributed by atoms with Crippen LogP contribution >= 0.6 is 0 Å². The van der Waals surface area contributed by atoms with Gasteiger partial charge in [0.1, 0.15) is 5.75 Å². The molecule has 0 unspecified atom stereocenters. The number of hydrogen-bond acceptors (Lipinski definition) is 2. The first kappa shape index (κ1) is 14.4. The minimum Gasteiger partial charge on any atom is -0.497 e. The van der Waals surface area contributed by atoms with Crippen molar-refractivity contribution in [3.05, 3.63) is 42.0 Å². The lowest BCUT2D eigenvalue weighted by atomic mass is 9.74. The molecule has 2 aromatic carbocycles. The van der Waals surface area contributed by atoms with Gasteiger partial charge in [0.2, 0.25) is 0 Å². The maximum Gasteiger partial charge on any atom is 0.119 e. The molecule has 0 heterocycles. The van der Waals surface area contributed by atoms with E-state index in [1.807, 2.05) is 26.0 Å². The molecule has 1 atom stereocenters.